The van der Waals surface area contributed by atoms with Crippen molar-refractivity contribution >= 4 is 21.8 Å². The van der Waals surface area contributed by atoms with Gasteiger partial charge in [0, 0.05) is 17.1 Å². The first kappa shape index (κ1) is 14.3. The lowest BCUT2D eigenvalue weighted by Crippen LogP contribution is -2.33. The summed E-state index contributed by atoms with van der Waals surface area (Å²) in [7, 11) is 1.91. The van der Waals surface area contributed by atoms with Crippen molar-refractivity contribution in [2.75, 3.05) is 7.05 Å². The number of benzene rings is 2. The number of amides is 1. The Kier molecular flexibility index (Phi) is 4.11. The van der Waals surface area contributed by atoms with Gasteiger partial charge in [0.25, 0.3) is 5.91 Å². The number of halogens is 1. The highest BCUT2D eigenvalue weighted by atomic mass is 79.9. The number of nitrogens with zero attached hydrogens (tertiary/aromatic N) is 1. The van der Waals surface area contributed by atoms with Crippen molar-refractivity contribution in [3.05, 3.63) is 69.7 Å². The molecule has 3 heteroatoms. The standard InChI is InChI=1S/C18H18BrNO/c1-20(18(21)14-9-11-15(19)12-10-14)17-8-4-6-13-5-2-3-7-16(13)17/h2-3,5,7,9-12,17H,4,6,8H2,1H3. The average molecular weight is 344 g/mol. The fraction of sp³-hybridized carbons (Fsp3) is 0.278. The van der Waals surface area contributed by atoms with E-state index >= 15 is 0 Å². The summed E-state index contributed by atoms with van der Waals surface area (Å²) >= 11 is 3.40. The molecule has 0 bridgehead atoms. The molecule has 2 nitrogen and oxygen atoms in total. The largest absolute Gasteiger partial charge is 0.335 e. The van der Waals surface area contributed by atoms with Crippen LogP contribution in [-0.4, -0.2) is 17.9 Å². The maximum Gasteiger partial charge on any atom is 0.254 e. The van der Waals surface area contributed by atoms with Crippen LogP contribution in [0.4, 0.5) is 0 Å². The van der Waals surface area contributed by atoms with Gasteiger partial charge < -0.3 is 4.90 Å². The molecule has 0 saturated carbocycles. The number of fused-ring (bicyclic) bond motifs is 1. The number of rotatable bonds is 2. The van der Waals surface area contributed by atoms with Crippen LogP contribution >= 0.6 is 15.9 Å². The highest BCUT2D eigenvalue weighted by Gasteiger charge is 2.26. The number of hydrogen-bond acceptors (Lipinski definition) is 1. The van der Waals surface area contributed by atoms with Gasteiger partial charge in [0.1, 0.15) is 0 Å². The normalized spacial score (nSPS) is 17.1. The quantitative estimate of drug-likeness (QED) is 0.780. The van der Waals surface area contributed by atoms with E-state index in [2.05, 4.69) is 40.2 Å². The molecule has 0 aromatic heterocycles. The Labute approximate surface area is 133 Å². The Bertz CT molecular complexity index is 651. The molecule has 2 aromatic carbocycles. The fourth-order valence-electron chi connectivity index (χ4n) is 3.07. The van der Waals surface area contributed by atoms with Crippen molar-refractivity contribution in [3.63, 3.8) is 0 Å². The minimum absolute atomic E-state index is 0.0872. The molecule has 21 heavy (non-hydrogen) atoms. The molecule has 1 unspecified atom stereocenters. The Morgan fingerprint density at radius 3 is 2.62 bits per heavy atom. The smallest absolute Gasteiger partial charge is 0.254 e. The maximum atomic E-state index is 12.7. The Balaban J connectivity index is 1.87. The van der Waals surface area contributed by atoms with E-state index in [0.29, 0.717) is 0 Å². The lowest BCUT2D eigenvalue weighted by Gasteiger charge is -2.33. The minimum atomic E-state index is 0.0872. The van der Waals surface area contributed by atoms with Crippen LogP contribution in [-0.2, 0) is 6.42 Å². The van der Waals surface area contributed by atoms with Gasteiger partial charge in [-0.15, -0.1) is 0 Å². The molecule has 1 amide bonds. The summed E-state index contributed by atoms with van der Waals surface area (Å²) in [6.45, 7) is 0. The van der Waals surface area contributed by atoms with Gasteiger partial charge >= 0.3 is 0 Å². The second kappa shape index (κ2) is 6.02. The third-order valence-electron chi connectivity index (χ3n) is 4.22. The van der Waals surface area contributed by atoms with Crippen LogP contribution < -0.4 is 0 Å². The SMILES string of the molecule is CN(C(=O)c1ccc(Br)cc1)C1CCCc2ccccc21. The molecule has 2 aromatic rings. The first-order valence-electron chi connectivity index (χ1n) is 7.27. The van der Waals surface area contributed by atoms with E-state index in [-0.39, 0.29) is 11.9 Å². The van der Waals surface area contributed by atoms with Gasteiger partial charge in [0.05, 0.1) is 6.04 Å². The summed E-state index contributed by atoms with van der Waals surface area (Å²) in [5.41, 5.74) is 3.42. The summed E-state index contributed by atoms with van der Waals surface area (Å²) in [5, 5.41) is 0. The fourth-order valence-corrected chi connectivity index (χ4v) is 3.33. The number of aryl methyl sites for hydroxylation is 1. The zero-order chi connectivity index (χ0) is 14.8. The number of carbonyl (C=O) groups is 1. The van der Waals surface area contributed by atoms with Crippen LogP contribution in [0.2, 0.25) is 0 Å². The van der Waals surface area contributed by atoms with Crippen molar-refractivity contribution in [3.8, 4) is 0 Å². The lowest BCUT2D eigenvalue weighted by atomic mass is 9.87. The Morgan fingerprint density at radius 1 is 1.14 bits per heavy atom. The molecule has 1 aliphatic rings. The van der Waals surface area contributed by atoms with Gasteiger partial charge in [0.15, 0.2) is 0 Å². The average Bonchev–Trinajstić information content (AvgIpc) is 2.53. The van der Waals surface area contributed by atoms with Crippen molar-refractivity contribution in [1.29, 1.82) is 0 Å². The van der Waals surface area contributed by atoms with Crippen LogP contribution in [0.3, 0.4) is 0 Å². The monoisotopic (exact) mass is 343 g/mol. The van der Waals surface area contributed by atoms with Gasteiger partial charge in [-0.05, 0) is 54.7 Å². The van der Waals surface area contributed by atoms with Crippen molar-refractivity contribution < 1.29 is 4.79 Å². The molecule has 0 N–H and O–H groups in total. The molecule has 0 heterocycles. The third kappa shape index (κ3) is 2.88. The second-order valence-corrected chi connectivity index (χ2v) is 6.45. The van der Waals surface area contributed by atoms with Gasteiger partial charge in [-0.25, -0.2) is 0 Å². The van der Waals surface area contributed by atoms with Crippen LogP contribution in [0.15, 0.2) is 53.0 Å². The molecule has 0 saturated heterocycles. The van der Waals surface area contributed by atoms with Crippen LogP contribution in [0.25, 0.3) is 0 Å². The first-order valence-corrected chi connectivity index (χ1v) is 8.06. The minimum Gasteiger partial charge on any atom is -0.335 e. The molecule has 0 spiro atoms. The summed E-state index contributed by atoms with van der Waals surface area (Å²) in [6.07, 6.45) is 3.29. The summed E-state index contributed by atoms with van der Waals surface area (Å²) in [5.74, 6) is 0.0872. The third-order valence-corrected chi connectivity index (χ3v) is 4.75. The van der Waals surface area contributed by atoms with E-state index in [4.69, 9.17) is 0 Å². The van der Waals surface area contributed by atoms with Crippen molar-refractivity contribution in [1.82, 2.24) is 4.90 Å². The van der Waals surface area contributed by atoms with E-state index in [1.54, 1.807) is 0 Å². The highest BCUT2D eigenvalue weighted by molar-refractivity contribution is 9.10. The van der Waals surface area contributed by atoms with Crippen LogP contribution in [0.5, 0.6) is 0 Å². The van der Waals surface area contributed by atoms with E-state index in [0.717, 1.165) is 29.3 Å². The lowest BCUT2D eigenvalue weighted by molar-refractivity contribution is 0.0715. The first-order chi connectivity index (χ1) is 10.2. The van der Waals surface area contributed by atoms with E-state index in [1.165, 1.54) is 11.1 Å². The van der Waals surface area contributed by atoms with Gasteiger partial charge in [-0.1, -0.05) is 40.2 Å². The maximum absolute atomic E-state index is 12.7. The number of carbonyl (C=O) groups excluding carboxylic acids is 1. The summed E-state index contributed by atoms with van der Waals surface area (Å²) < 4.78 is 0.990. The topological polar surface area (TPSA) is 20.3 Å². The molecule has 3 rings (SSSR count). The predicted molar refractivity (Wildman–Crippen MR) is 88.4 cm³/mol. The Hall–Kier alpha value is -1.61. The van der Waals surface area contributed by atoms with Crippen molar-refractivity contribution in [2.45, 2.75) is 25.3 Å². The van der Waals surface area contributed by atoms with Crippen molar-refractivity contribution in [2.24, 2.45) is 0 Å². The number of hydrogen-bond donors (Lipinski definition) is 0. The highest BCUT2D eigenvalue weighted by Crippen LogP contribution is 2.34. The molecular weight excluding hydrogens is 326 g/mol. The molecule has 108 valence electrons. The summed E-state index contributed by atoms with van der Waals surface area (Å²) in [6, 6.07) is 16.2. The van der Waals surface area contributed by atoms with Gasteiger partial charge in [-0.3, -0.25) is 4.79 Å². The molecule has 0 aliphatic heterocycles. The molecule has 1 aliphatic carbocycles. The van der Waals surface area contributed by atoms with E-state index < -0.39 is 0 Å². The van der Waals surface area contributed by atoms with Crippen LogP contribution in [0, 0.1) is 0 Å². The summed E-state index contributed by atoms with van der Waals surface area (Å²) in [4.78, 5) is 14.6. The van der Waals surface area contributed by atoms with Gasteiger partial charge in [0.2, 0.25) is 0 Å². The predicted octanol–water partition coefficient (Wildman–Crippen LogP) is 4.60. The van der Waals surface area contributed by atoms with E-state index in [9.17, 15) is 4.79 Å². The van der Waals surface area contributed by atoms with Gasteiger partial charge in [-0.2, -0.15) is 0 Å². The molecule has 0 fully saturated rings. The zero-order valence-electron chi connectivity index (χ0n) is 12.1. The molecular formula is C18H18BrNO. The second-order valence-electron chi connectivity index (χ2n) is 5.53. The Morgan fingerprint density at radius 2 is 1.86 bits per heavy atom. The zero-order valence-corrected chi connectivity index (χ0v) is 13.6. The van der Waals surface area contributed by atoms with E-state index in [1.807, 2.05) is 36.2 Å². The van der Waals surface area contributed by atoms with Crippen LogP contribution in [0.1, 0.15) is 40.4 Å². The molecule has 0 radical (unpaired) electrons. The molecule has 1 atom stereocenters.